The van der Waals surface area contributed by atoms with Crippen LogP contribution in [-0.2, 0) is 14.8 Å². The Morgan fingerprint density at radius 2 is 2.11 bits per heavy atom. The molecule has 0 atom stereocenters. The second-order valence-corrected chi connectivity index (χ2v) is 7.92. The monoisotopic (exact) mass is 303 g/mol. The van der Waals surface area contributed by atoms with Crippen LogP contribution in [0.5, 0.6) is 0 Å². The van der Waals surface area contributed by atoms with Gasteiger partial charge in [-0.05, 0) is 19.8 Å². The van der Waals surface area contributed by atoms with Gasteiger partial charge in [0.15, 0.2) is 5.13 Å². The third-order valence-electron chi connectivity index (χ3n) is 3.15. The highest BCUT2D eigenvalue weighted by Crippen LogP contribution is 2.22. The first-order chi connectivity index (χ1) is 8.86. The summed E-state index contributed by atoms with van der Waals surface area (Å²) in [4.78, 5) is 17.1. The van der Waals surface area contributed by atoms with Gasteiger partial charge in [-0.25, -0.2) is 17.7 Å². The summed E-state index contributed by atoms with van der Waals surface area (Å²) in [6, 6.07) is 0. The molecule has 0 unspecified atom stereocenters. The van der Waals surface area contributed by atoms with E-state index >= 15 is 0 Å². The Morgan fingerprint density at radius 1 is 1.47 bits per heavy atom. The highest BCUT2D eigenvalue weighted by atomic mass is 32.2. The number of aromatic nitrogens is 1. The van der Waals surface area contributed by atoms with Crippen LogP contribution in [0.4, 0.5) is 5.13 Å². The molecule has 1 aromatic heterocycles. The molecule has 2 heterocycles. The van der Waals surface area contributed by atoms with E-state index < -0.39 is 10.0 Å². The fourth-order valence-corrected chi connectivity index (χ4v) is 3.61. The number of nitrogens with one attached hydrogen (secondary N) is 1. The zero-order valence-corrected chi connectivity index (χ0v) is 12.6. The van der Waals surface area contributed by atoms with Gasteiger partial charge in [0, 0.05) is 30.1 Å². The lowest BCUT2D eigenvalue weighted by molar-refractivity contribution is -0.120. The van der Waals surface area contributed by atoms with E-state index in [0.29, 0.717) is 31.1 Å². The molecular formula is C11H17N3O3S2. The second-order valence-electron chi connectivity index (χ2n) is 4.70. The lowest BCUT2D eigenvalue weighted by Crippen LogP contribution is -2.40. The molecule has 0 radical (unpaired) electrons. The fourth-order valence-electron chi connectivity index (χ4n) is 2.07. The Morgan fingerprint density at radius 3 is 2.58 bits per heavy atom. The lowest BCUT2D eigenvalue weighted by atomic mass is 9.97. The third-order valence-corrected chi connectivity index (χ3v) is 5.28. The van der Waals surface area contributed by atoms with E-state index in [4.69, 9.17) is 0 Å². The lowest BCUT2D eigenvalue weighted by Gasteiger charge is -2.29. The number of hydrogen-bond acceptors (Lipinski definition) is 5. The van der Waals surface area contributed by atoms with Gasteiger partial charge < -0.3 is 5.32 Å². The maximum atomic E-state index is 12.0. The number of carbonyl (C=O) groups excluding carboxylic acids is 1. The van der Waals surface area contributed by atoms with Crippen molar-refractivity contribution in [3.8, 4) is 0 Å². The maximum absolute atomic E-state index is 12.0. The molecule has 0 spiro atoms. The summed E-state index contributed by atoms with van der Waals surface area (Å²) in [6.07, 6.45) is 4.03. The van der Waals surface area contributed by atoms with Crippen molar-refractivity contribution < 1.29 is 13.2 Å². The van der Waals surface area contributed by atoms with Crippen molar-refractivity contribution >= 4 is 32.4 Å². The quantitative estimate of drug-likeness (QED) is 0.905. The minimum Gasteiger partial charge on any atom is -0.302 e. The highest BCUT2D eigenvalue weighted by molar-refractivity contribution is 7.88. The predicted molar refractivity (Wildman–Crippen MR) is 74.6 cm³/mol. The van der Waals surface area contributed by atoms with E-state index in [1.54, 1.807) is 6.20 Å². The molecule has 1 fully saturated rings. The normalized spacial score (nSPS) is 18.4. The Balaban J connectivity index is 1.89. The second kappa shape index (κ2) is 5.56. The molecule has 19 heavy (non-hydrogen) atoms. The van der Waals surface area contributed by atoms with Gasteiger partial charge in [-0.15, -0.1) is 11.3 Å². The summed E-state index contributed by atoms with van der Waals surface area (Å²) in [6.45, 7) is 2.75. The van der Waals surface area contributed by atoms with Crippen molar-refractivity contribution in [2.24, 2.45) is 5.92 Å². The van der Waals surface area contributed by atoms with Gasteiger partial charge in [0.05, 0.1) is 6.26 Å². The Labute approximate surface area is 116 Å². The summed E-state index contributed by atoms with van der Waals surface area (Å²) in [5.74, 6) is -0.204. The summed E-state index contributed by atoms with van der Waals surface area (Å²) < 4.78 is 24.2. The number of rotatable bonds is 3. The number of hydrogen-bond donors (Lipinski definition) is 1. The number of sulfonamides is 1. The zero-order valence-electron chi connectivity index (χ0n) is 10.9. The maximum Gasteiger partial charge on any atom is 0.229 e. The molecule has 1 saturated heterocycles. The highest BCUT2D eigenvalue weighted by Gasteiger charge is 2.29. The first-order valence-corrected chi connectivity index (χ1v) is 8.71. The van der Waals surface area contributed by atoms with Crippen LogP contribution in [0.25, 0.3) is 0 Å². The van der Waals surface area contributed by atoms with Gasteiger partial charge in [-0.3, -0.25) is 4.79 Å². The van der Waals surface area contributed by atoms with Gasteiger partial charge in [0.1, 0.15) is 0 Å². The molecule has 0 aromatic carbocycles. The molecule has 1 amide bonds. The standard InChI is InChI=1S/C11H17N3O3S2/c1-8-7-12-11(18-8)13-10(15)9-3-5-14(6-4-9)19(2,16)17/h7,9H,3-6H2,1-2H3,(H,12,13,15). The molecule has 0 saturated carbocycles. The Kier molecular flexibility index (Phi) is 4.22. The minimum absolute atomic E-state index is 0.0671. The van der Waals surface area contributed by atoms with Crippen LogP contribution in [0.15, 0.2) is 6.20 Å². The summed E-state index contributed by atoms with van der Waals surface area (Å²) >= 11 is 1.44. The molecular weight excluding hydrogens is 286 g/mol. The first-order valence-electron chi connectivity index (χ1n) is 6.04. The van der Waals surface area contributed by atoms with Crippen LogP contribution < -0.4 is 5.32 Å². The van der Waals surface area contributed by atoms with Crippen LogP contribution in [0.1, 0.15) is 17.7 Å². The van der Waals surface area contributed by atoms with Crippen molar-refractivity contribution in [3.63, 3.8) is 0 Å². The zero-order chi connectivity index (χ0) is 14.0. The van der Waals surface area contributed by atoms with Crippen molar-refractivity contribution in [2.75, 3.05) is 24.7 Å². The van der Waals surface area contributed by atoms with Crippen molar-refractivity contribution in [3.05, 3.63) is 11.1 Å². The van der Waals surface area contributed by atoms with Crippen LogP contribution >= 0.6 is 11.3 Å². The molecule has 0 bridgehead atoms. The number of anilines is 1. The minimum atomic E-state index is -3.14. The van der Waals surface area contributed by atoms with Gasteiger partial charge in [0.2, 0.25) is 15.9 Å². The largest absolute Gasteiger partial charge is 0.302 e. The Bertz CT molecular complexity index is 559. The number of thiazole rings is 1. The molecule has 8 heteroatoms. The molecule has 106 valence electrons. The van der Waals surface area contributed by atoms with Crippen LogP contribution in [0.2, 0.25) is 0 Å². The number of amides is 1. The average molecular weight is 303 g/mol. The van der Waals surface area contributed by atoms with Crippen molar-refractivity contribution in [1.29, 1.82) is 0 Å². The average Bonchev–Trinajstić information content (AvgIpc) is 2.74. The fraction of sp³-hybridized carbons (Fsp3) is 0.636. The van der Waals surface area contributed by atoms with E-state index in [-0.39, 0.29) is 11.8 Å². The van der Waals surface area contributed by atoms with E-state index in [0.717, 1.165) is 4.88 Å². The topological polar surface area (TPSA) is 79.4 Å². The summed E-state index contributed by atoms with van der Waals surface area (Å²) in [7, 11) is -3.14. The summed E-state index contributed by atoms with van der Waals surface area (Å²) in [5, 5.41) is 3.39. The van der Waals surface area contributed by atoms with Gasteiger partial charge >= 0.3 is 0 Å². The van der Waals surface area contributed by atoms with Crippen molar-refractivity contribution in [1.82, 2.24) is 9.29 Å². The van der Waals surface area contributed by atoms with Crippen LogP contribution in [0, 0.1) is 12.8 Å². The summed E-state index contributed by atoms with van der Waals surface area (Å²) in [5.41, 5.74) is 0. The smallest absolute Gasteiger partial charge is 0.229 e. The third kappa shape index (κ3) is 3.74. The van der Waals surface area contributed by atoms with E-state index in [1.807, 2.05) is 6.92 Å². The molecule has 6 nitrogen and oxygen atoms in total. The first kappa shape index (κ1) is 14.4. The molecule has 1 N–H and O–H groups in total. The SMILES string of the molecule is Cc1cnc(NC(=O)C2CCN(S(C)(=O)=O)CC2)s1. The molecule has 1 aromatic rings. The van der Waals surface area contributed by atoms with E-state index in [1.165, 1.54) is 21.9 Å². The number of nitrogens with zero attached hydrogens (tertiary/aromatic N) is 2. The Hall–Kier alpha value is -0.990. The number of carbonyl (C=O) groups is 1. The van der Waals surface area contributed by atoms with Crippen LogP contribution in [0.3, 0.4) is 0 Å². The molecule has 0 aliphatic carbocycles. The molecule has 2 rings (SSSR count). The van der Waals surface area contributed by atoms with E-state index in [9.17, 15) is 13.2 Å². The van der Waals surface area contributed by atoms with Gasteiger partial charge in [-0.1, -0.05) is 0 Å². The van der Waals surface area contributed by atoms with Gasteiger partial charge in [0.25, 0.3) is 0 Å². The van der Waals surface area contributed by atoms with E-state index in [2.05, 4.69) is 10.3 Å². The predicted octanol–water partition coefficient (Wildman–Crippen LogP) is 1.06. The van der Waals surface area contributed by atoms with Crippen molar-refractivity contribution in [2.45, 2.75) is 19.8 Å². The van der Waals surface area contributed by atoms with Gasteiger partial charge in [-0.2, -0.15) is 0 Å². The number of piperidine rings is 1. The number of aryl methyl sites for hydroxylation is 1. The van der Waals surface area contributed by atoms with Crippen LogP contribution in [-0.4, -0.2) is 43.0 Å². The molecule has 1 aliphatic rings. The molecule has 1 aliphatic heterocycles.